The minimum absolute atomic E-state index is 0.312. The second-order valence-corrected chi connectivity index (χ2v) is 6.07. The van der Waals surface area contributed by atoms with Crippen LogP contribution in [0.2, 0.25) is 0 Å². The zero-order valence-electron chi connectivity index (χ0n) is 10.5. The highest BCUT2D eigenvalue weighted by atomic mass is 32.1. The van der Waals surface area contributed by atoms with Crippen LogP contribution in [0.4, 0.5) is 0 Å². The summed E-state index contributed by atoms with van der Waals surface area (Å²) in [5, 5.41) is 1.18. The summed E-state index contributed by atoms with van der Waals surface area (Å²) < 4.78 is 5.39. The second kappa shape index (κ2) is 5.91. The fourth-order valence-electron chi connectivity index (χ4n) is 2.22. The average molecular weight is 255 g/mol. The second-order valence-electron chi connectivity index (χ2n) is 4.78. The van der Waals surface area contributed by atoms with Gasteiger partial charge in [-0.1, -0.05) is 0 Å². The number of aromatic nitrogens is 1. The number of hydrazine groups is 1. The number of aryl methyl sites for hydroxylation is 2. The van der Waals surface area contributed by atoms with Crippen LogP contribution in [0, 0.1) is 19.8 Å². The first-order chi connectivity index (χ1) is 8.19. The Morgan fingerprint density at radius 1 is 1.59 bits per heavy atom. The monoisotopic (exact) mass is 255 g/mol. The maximum atomic E-state index is 5.63. The number of nitrogens with two attached hydrogens (primary N) is 1. The lowest BCUT2D eigenvalue weighted by Gasteiger charge is -2.17. The number of nitrogens with one attached hydrogen (secondary N) is 1. The maximum absolute atomic E-state index is 5.63. The molecule has 1 aromatic heterocycles. The molecule has 1 aromatic rings. The third-order valence-corrected chi connectivity index (χ3v) is 4.47. The van der Waals surface area contributed by atoms with Gasteiger partial charge in [-0.15, -0.1) is 11.3 Å². The van der Waals surface area contributed by atoms with Crippen LogP contribution in [0.1, 0.15) is 28.4 Å². The van der Waals surface area contributed by atoms with Crippen LogP contribution in [-0.2, 0) is 11.2 Å². The van der Waals surface area contributed by atoms with Gasteiger partial charge in [0.05, 0.1) is 10.7 Å². The molecule has 1 aliphatic rings. The molecule has 4 nitrogen and oxygen atoms in total. The molecule has 17 heavy (non-hydrogen) atoms. The molecule has 2 atom stereocenters. The van der Waals surface area contributed by atoms with Gasteiger partial charge in [-0.3, -0.25) is 11.3 Å². The molecule has 0 spiro atoms. The van der Waals surface area contributed by atoms with E-state index in [1.165, 1.54) is 9.88 Å². The molecule has 1 saturated heterocycles. The van der Waals surface area contributed by atoms with Gasteiger partial charge in [0.15, 0.2) is 0 Å². The van der Waals surface area contributed by atoms with E-state index in [0.717, 1.165) is 38.2 Å². The van der Waals surface area contributed by atoms with Crippen LogP contribution < -0.4 is 11.3 Å². The average Bonchev–Trinajstić information content (AvgIpc) is 2.89. The van der Waals surface area contributed by atoms with Crippen LogP contribution in [0.5, 0.6) is 0 Å². The van der Waals surface area contributed by atoms with E-state index in [-0.39, 0.29) is 0 Å². The fourth-order valence-corrected chi connectivity index (χ4v) is 3.23. The Labute approximate surface area is 107 Å². The first-order valence-electron chi connectivity index (χ1n) is 6.15. The van der Waals surface area contributed by atoms with Gasteiger partial charge in [0, 0.05) is 30.6 Å². The van der Waals surface area contributed by atoms with E-state index >= 15 is 0 Å². The predicted octanol–water partition coefficient (Wildman–Crippen LogP) is 1.56. The Morgan fingerprint density at radius 2 is 2.41 bits per heavy atom. The first kappa shape index (κ1) is 13.0. The van der Waals surface area contributed by atoms with Crippen molar-refractivity contribution in [3.63, 3.8) is 0 Å². The molecule has 2 heterocycles. The topological polar surface area (TPSA) is 60.2 Å². The summed E-state index contributed by atoms with van der Waals surface area (Å²) in [5.41, 5.74) is 4.06. The lowest BCUT2D eigenvalue weighted by atomic mass is 9.98. The summed E-state index contributed by atoms with van der Waals surface area (Å²) in [4.78, 5) is 5.87. The lowest BCUT2D eigenvalue weighted by molar-refractivity contribution is 0.181. The number of nitrogens with zero attached hydrogens (tertiary/aromatic N) is 1. The number of rotatable bonds is 5. The van der Waals surface area contributed by atoms with E-state index in [9.17, 15) is 0 Å². The molecular weight excluding hydrogens is 234 g/mol. The van der Waals surface area contributed by atoms with Gasteiger partial charge in [-0.05, 0) is 32.6 Å². The molecule has 1 aliphatic heterocycles. The van der Waals surface area contributed by atoms with Crippen LogP contribution in [0.25, 0.3) is 0 Å². The molecule has 0 aliphatic carbocycles. The molecule has 2 unspecified atom stereocenters. The van der Waals surface area contributed by atoms with Crippen molar-refractivity contribution >= 4 is 11.3 Å². The summed E-state index contributed by atoms with van der Waals surface area (Å²) in [6.07, 6.45) is 3.16. The van der Waals surface area contributed by atoms with E-state index in [1.807, 2.05) is 0 Å². The summed E-state index contributed by atoms with van der Waals surface area (Å²) in [6, 6.07) is 0.312. The van der Waals surface area contributed by atoms with Crippen LogP contribution in [0.15, 0.2) is 0 Å². The van der Waals surface area contributed by atoms with Crippen LogP contribution >= 0.6 is 11.3 Å². The standard InChI is InChI=1S/C12H21N3OS/c1-8-9(2)17-12(14-8)6-11(15-13)5-10-3-4-16-7-10/h10-11,15H,3-7,13H2,1-2H3. The molecule has 2 rings (SSSR count). The zero-order chi connectivity index (χ0) is 12.3. The molecular formula is C12H21N3OS. The Balaban J connectivity index is 1.89. The van der Waals surface area contributed by atoms with E-state index < -0.39 is 0 Å². The smallest absolute Gasteiger partial charge is 0.0946 e. The summed E-state index contributed by atoms with van der Waals surface area (Å²) in [5.74, 6) is 6.28. The van der Waals surface area contributed by atoms with Crippen molar-refractivity contribution in [3.05, 3.63) is 15.6 Å². The minimum atomic E-state index is 0.312. The van der Waals surface area contributed by atoms with Gasteiger partial charge in [0.25, 0.3) is 0 Å². The highest BCUT2D eigenvalue weighted by Crippen LogP contribution is 2.22. The van der Waals surface area contributed by atoms with E-state index in [4.69, 9.17) is 10.6 Å². The molecule has 3 N–H and O–H groups in total. The molecule has 0 aromatic carbocycles. The van der Waals surface area contributed by atoms with Gasteiger partial charge in [-0.2, -0.15) is 0 Å². The Bertz CT molecular complexity index is 341. The predicted molar refractivity (Wildman–Crippen MR) is 69.9 cm³/mol. The first-order valence-corrected chi connectivity index (χ1v) is 6.97. The van der Waals surface area contributed by atoms with Crippen molar-refractivity contribution in [2.75, 3.05) is 13.2 Å². The quantitative estimate of drug-likeness (QED) is 0.619. The van der Waals surface area contributed by atoms with Crippen molar-refractivity contribution in [1.29, 1.82) is 0 Å². The SMILES string of the molecule is Cc1nc(CC(CC2CCOC2)NN)sc1C. The lowest BCUT2D eigenvalue weighted by Crippen LogP contribution is -2.38. The molecule has 0 amide bonds. The number of hydrogen-bond donors (Lipinski definition) is 2. The van der Waals surface area contributed by atoms with Crippen LogP contribution in [0.3, 0.4) is 0 Å². The number of hydrogen-bond acceptors (Lipinski definition) is 5. The minimum Gasteiger partial charge on any atom is -0.381 e. The molecule has 0 saturated carbocycles. The van der Waals surface area contributed by atoms with E-state index in [0.29, 0.717) is 12.0 Å². The maximum Gasteiger partial charge on any atom is 0.0946 e. The summed E-state index contributed by atoms with van der Waals surface area (Å²) in [6.45, 7) is 5.96. The normalized spacial score (nSPS) is 21.9. The molecule has 5 heteroatoms. The van der Waals surface area contributed by atoms with Gasteiger partial charge in [0.2, 0.25) is 0 Å². The zero-order valence-corrected chi connectivity index (χ0v) is 11.3. The van der Waals surface area contributed by atoms with Gasteiger partial charge in [-0.25, -0.2) is 4.98 Å². The Kier molecular flexibility index (Phi) is 4.50. The van der Waals surface area contributed by atoms with Gasteiger partial charge >= 0.3 is 0 Å². The van der Waals surface area contributed by atoms with Crippen molar-refractivity contribution in [3.8, 4) is 0 Å². The molecule has 1 fully saturated rings. The molecule has 0 bridgehead atoms. The third kappa shape index (κ3) is 3.48. The fraction of sp³-hybridized carbons (Fsp3) is 0.750. The highest BCUT2D eigenvalue weighted by molar-refractivity contribution is 7.11. The largest absolute Gasteiger partial charge is 0.381 e. The van der Waals surface area contributed by atoms with Crippen molar-refractivity contribution < 1.29 is 4.74 Å². The third-order valence-electron chi connectivity index (χ3n) is 3.37. The van der Waals surface area contributed by atoms with E-state index in [2.05, 4.69) is 24.3 Å². The molecule has 0 radical (unpaired) electrons. The van der Waals surface area contributed by atoms with Crippen molar-refractivity contribution in [2.24, 2.45) is 11.8 Å². The van der Waals surface area contributed by atoms with Crippen molar-refractivity contribution in [1.82, 2.24) is 10.4 Å². The van der Waals surface area contributed by atoms with Crippen LogP contribution in [-0.4, -0.2) is 24.2 Å². The van der Waals surface area contributed by atoms with E-state index in [1.54, 1.807) is 11.3 Å². The Hall–Kier alpha value is -0.490. The Morgan fingerprint density at radius 3 is 2.94 bits per heavy atom. The van der Waals surface area contributed by atoms with Gasteiger partial charge in [0.1, 0.15) is 0 Å². The summed E-state index contributed by atoms with van der Waals surface area (Å²) in [7, 11) is 0. The number of thiazole rings is 1. The van der Waals surface area contributed by atoms with Gasteiger partial charge < -0.3 is 4.74 Å². The number of ether oxygens (including phenoxy) is 1. The highest BCUT2D eigenvalue weighted by Gasteiger charge is 2.21. The summed E-state index contributed by atoms with van der Waals surface area (Å²) >= 11 is 1.78. The molecule has 96 valence electrons. The van der Waals surface area contributed by atoms with Crippen molar-refractivity contribution in [2.45, 2.75) is 39.2 Å².